The minimum absolute atomic E-state index is 0.522. The number of nitrogens with zero attached hydrogens (tertiary/aromatic N) is 1. The predicted octanol–water partition coefficient (Wildman–Crippen LogP) is 3.19. The summed E-state index contributed by atoms with van der Waals surface area (Å²) >= 11 is 1.68. The van der Waals surface area contributed by atoms with E-state index in [4.69, 9.17) is 5.73 Å². The summed E-state index contributed by atoms with van der Waals surface area (Å²) in [7, 11) is 0. The van der Waals surface area contributed by atoms with E-state index >= 15 is 0 Å². The molecule has 84 valence electrons. The maximum atomic E-state index is 5.58. The van der Waals surface area contributed by atoms with Crippen LogP contribution in [0.1, 0.15) is 21.7 Å². The van der Waals surface area contributed by atoms with Gasteiger partial charge in [-0.25, -0.2) is 4.98 Å². The SMILES string of the molecule is Cc1cc(C)c(-c2cnc(CN)s2)cc1C. The molecule has 0 saturated carbocycles. The van der Waals surface area contributed by atoms with Crippen molar-refractivity contribution in [2.24, 2.45) is 5.73 Å². The van der Waals surface area contributed by atoms with Gasteiger partial charge in [-0.05, 0) is 43.0 Å². The first-order chi connectivity index (χ1) is 7.61. The molecule has 0 unspecified atom stereocenters. The van der Waals surface area contributed by atoms with Crippen LogP contribution in [0, 0.1) is 20.8 Å². The number of hydrogen-bond donors (Lipinski definition) is 1. The Morgan fingerprint density at radius 3 is 2.44 bits per heavy atom. The van der Waals surface area contributed by atoms with Gasteiger partial charge in [0.05, 0.1) is 4.88 Å². The molecule has 0 spiro atoms. The van der Waals surface area contributed by atoms with Gasteiger partial charge in [0.25, 0.3) is 0 Å². The first kappa shape index (κ1) is 11.3. The van der Waals surface area contributed by atoms with E-state index in [0.29, 0.717) is 6.54 Å². The molecule has 0 radical (unpaired) electrons. The topological polar surface area (TPSA) is 38.9 Å². The highest BCUT2D eigenvalue weighted by atomic mass is 32.1. The molecule has 0 amide bonds. The molecule has 2 aromatic rings. The van der Waals surface area contributed by atoms with E-state index < -0.39 is 0 Å². The second-order valence-electron chi connectivity index (χ2n) is 4.07. The molecule has 2 nitrogen and oxygen atoms in total. The fraction of sp³-hybridized carbons (Fsp3) is 0.308. The molecule has 0 fully saturated rings. The van der Waals surface area contributed by atoms with Crippen LogP contribution in [-0.2, 0) is 6.54 Å². The predicted molar refractivity (Wildman–Crippen MR) is 69.7 cm³/mol. The average molecular weight is 232 g/mol. The normalized spacial score (nSPS) is 10.8. The van der Waals surface area contributed by atoms with E-state index in [1.165, 1.54) is 27.1 Å². The minimum atomic E-state index is 0.522. The number of rotatable bonds is 2. The van der Waals surface area contributed by atoms with Gasteiger partial charge in [0.15, 0.2) is 0 Å². The second-order valence-corrected chi connectivity index (χ2v) is 5.19. The molecular weight excluding hydrogens is 216 g/mol. The van der Waals surface area contributed by atoms with Crippen LogP contribution in [0.2, 0.25) is 0 Å². The van der Waals surface area contributed by atoms with Gasteiger partial charge in [0.2, 0.25) is 0 Å². The van der Waals surface area contributed by atoms with Crippen molar-refractivity contribution in [2.45, 2.75) is 27.3 Å². The molecule has 2 rings (SSSR count). The van der Waals surface area contributed by atoms with E-state index in [1.807, 2.05) is 6.20 Å². The van der Waals surface area contributed by atoms with Crippen LogP contribution < -0.4 is 5.73 Å². The standard InChI is InChI=1S/C13H16N2S/c1-8-4-10(3)11(5-9(8)2)12-7-15-13(6-14)16-12/h4-5,7H,6,14H2,1-3H3. The van der Waals surface area contributed by atoms with Crippen LogP contribution in [0.5, 0.6) is 0 Å². The number of aryl methyl sites for hydroxylation is 3. The molecule has 1 aromatic carbocycles. The highest BCUT2D eigenvalue weighted by Gasteiger charge is 2.07. The average Bonchev–Trinajstić information content (AvgIpc) is 2.71. The Balaban J connectivity index is 2.51. The Labute approximate surface area is 100 Å². The zero-order chi connectivity index (χ0) is 11.7. The molecule has 0 aliphatic rings. The monoisotopic (exact) mass is 232 g/mol. The van der Waals surface area contributed by atoms with Crippen LogP contribution in [0.3, 0.4) is 0 Å². The Bertz CT molecular complexity index is 515. The summed E-state index contributed by atoms with van der Waals surface area (Å²) in [6.07, 6.45) is 1.92. The number of nitrogens with two attached hydrogens (primary N) is 1. The summed E-state index contributed by atoms with van der Waals surface area (Å²) in [6.45, 7) is 6.95. The van der Waals surface area contributed by atoms with Crippen molar-refractivity contribution in [3.8, 4) is 10.4 Å². The van der Waals surface area contributed by atoms with Crippen LogP contribution in [-0.4, -0.2) is 4.98 Å². The summed E-state index contributed by atoms with van der Waals surface area (Å²) in [5, 5.41) is 0.993. The third-order valence-corrected chi connectivity index (χ3v) is 3.89. The molecular formula is C13H16N2S. The van der Waals surface area contributed by atoms with Gasteiger partial charge in [0, 0.05) is 12.7 Å². The first-order valence-electron chi connectivity index (χ1n) is 5.35. The van der Waals surface area contributed by atoms with Crippen molar-refractivity contribution in [3.63, 3.8) is 0 Å². The Hall–Kier alpha value is -1.19. The van der Waals surface area contributed by atoms with Gasteiger partial charge in [-0.3, -0.25) is 0 Å². The molecule has 0 bridgehead atoms. The molecule has 0 aliphatic carbocycles. The molecule has 0 saturated heterocycles. The lowest BCUT2D eigenvalue weighted by Crippen LogP contribution is -1.93. The van der Waals surface area contributed by atoms with Crippen molar-refractivity contribution in [3.05, 3.63) is 40.0 Å². The van der Waals surface area contributed by atoms with Crippen LogP contribution in [0.15, 0.2) is 18.3 Å². The van der Waals surface area contributed by atoms with E-state index in [0.717, 1.165) is 5.01 Å². The van der Waals surface area contributed by atoms with Crippen molar-refractivity contribution in [1.29, 1.82) is 0 Å². The summed E-state index contributed by atoms with van der Waals surface area (Å²) < 4.78 is 0. The van der Waals surface area contributed by atoms with Crippen molar-refractivity contribution < 1.29 is 0 Å². The van der Waals surface area contributed by atoms with Gasteiger partial charge < -0.3 is 5.73 Å². The fourth-order valence-electron chi connectivity index (χ4n) is 1.76. The lowest BCUT2D eigenvalue weighted by Gasteiger charge is -2.07. The second kappa shape index (κ2) is 4.36. The molecule has 16 heavy (non-hydrogen) atoms. The lowest BCUT2D eigenvalue weighted by molar-refractivity contribution is 1.04. The largest absolute Gasteiger partial charge is 0.325 e. The van der Waals surface area contributed by atoms with E-state index in [1.54, 1.807) is 11.3 Å². The van der Waals surface area contributed by atoms with Gasteiger partial charge in [-0.2, -0.15) is 0 Å². The summed E-state index contributed by atoms with van der Waals surface area (Å²) in [6, 6.07) is 4.46. The van der Waals surface area contributed by atoms with Gasteiger partial charge >= 0.3 is 0 Å². The third-order valence-electron chi connectivity index (χ3n) is 2.83. The lowest BCUT2D eigenvalue weighted by atomic mass is 10.0. The molecule has 3 heteroatoms. The Kier molecular flexibility index (Phi) is 3.08. The highest BCUT2D eigenvalue weighted by molar-refractivity contribution is 7.15. The number of aromatic nitrogens is 1. The molecule has 1 aromatic heterocycles. The summed E-state index contributed by atoms with van der Waals surface area (Å²) in [4.78, 5) is 5.51. The van der Waals surface area contributed by atoms with Crippen molar-refractivity contribution >= 4 is 11.3 Å². The smallest absolute Gasteiger partial charge is 0.107 e. The van der Waals surface area contributed by atoms with Gasteiger partial charge in [-0.1, -0.05) is 12.1 Å². The summed E-state index contributed by atoms with van der Waals surface area (Å²) in [5.74, 6) is 0. The van der Waals surface area contributed by atoms with Crippen molar-refractivity contribution in [1.82, 2.24) is 4.98 Å². The van der Waals surface area contributed by atoms with E-state index in [-0.39, 0.29) is 0 Å². The van der Waals surface area contributed by atoms with E-state index in [9.17, 15) is 0 Å². The maximum Gasteiger partial charge on any atom is 0.107 e. The van der Waals surface area contributed by atoms with Gasteiger partial charge in [-0.15, -0.1) is 11.3 Å². The Morgan fingerprint density at radius 1 is 1.12 bits per heavy atom. The van der Waals surface area contributed by atoms with Crippen LogP contribution in [0.25, 0.3) is 10.4 Å². The summed E-state index contributed by atoms with van der Waals surface area (Å²) in [5.41, 5.74) is 10.8. The first-order valence-corrected chi connectivity index (χ1v) is 6.16. The number of hydrogen-bond acceptors (Lipinski definition) is 3. The van der Waals surface area contributed by atoms with E-state index in [2.05, 4.69) is 37.9 Å². The zero-order valence-corrected chi connectivity index (χ0v) is 10.7. The molecule has 1 heterocycles. The molecule has 0 aliphatic heterocycles. The van der Waals surface area contributed by atoms with Crippen molar-refractivity contribution in [2.75, 3.05) is 0 Å². The number of benzene rings is 1. The van der Waals surface area contributed by atoms with Crippen LogP contribution >= 0.6 is 11.3 Å². The fourth-order valence-corrected chi connectivity index (χ4v) is 2.63. The highest BCUT2D eigenvalue weighted by Crippen LogP contribution is 2.30. The number of thiazole rings is 1. The van der Waals surface area contributed by atoms with Gasteiger partial charge in [0.1, 0.15) is 5.01 Å². The molecule has 0 atom stereocenters. The molecule has 2 N–H and O–H groups in total. The quantitative estimate of drug-likeness (QED) is 0.863. The van der Waals surface area contributed by atoms with Crippen LogP contribution in [0.4, 0.5) is 0 Å². The third kappa shape index (κ3) is 2.01. The maximum absolute atomic E-state index is 5.58. The zero-order valence-electron chi connectivity index (χ0n) is 9.87. The minimum Gasteiger partial charge on any atom is -0.325 e. The Morgan fingerprint density at radius 2 is 1.81 bits per heavy atom.